The summed E-state index contributed by atoms with van der Waals surface area (Å²) in [7, 11) is 0. The van der Waals surface area contributed by atoms with Gasteiger partial charge in [0.1, 0.15) is 5.69 Å². The van der Waals surface area contributed by atoms with E-state index in [0.29, 0.717) is 32.2 Å². The standard InChI is InChI=1S/C17H23F3N4O3/c1-16(2,3)21-15(25)11-22-6-8-23(9-7-22)13-5-4-12(17(18,19)20)10-14(13)24(26)27/h4-5,10H,6-9,11H2,1-3H3,(H,21,25). The average molecular weight is 388 g/mol. The summed E-state index contributed by atoms with van der Waals surface area (Å²) in [5.74, 6) is -0.114. The van der Waals surface area contributed by atoms with Gasteiger partial charge in [0.15, 0.2) is 0 Å². The first kappa shape index (κ1) is 20.9. The molecule has 0 spiro atoms. The van der Waals surface area contributed by atoms with Crippen LogP contribution in [0, 0.1) is 10.1 Å². The number of carbonyl (C=O) groups excluding carboxylic acids is 1. The Morgan fingerprint density at radius 3 is 2.26 bits per heavy atom. The van der Waals surface area contributed by atoms with Crippen LogP contribution in [0.4, 0.5) is 24.5 Å². The molecule has 1 aromatic rings. The van der Waals surface area contributed by atoms with E-state index in [0.717, 1.165) is 12.1 Å². The Morgan fingerprint density at radius 2 is 1.78 bits per heavy atom. The summed E-state index contributed by atoms with van der Waals surface area (Å²) in [4.78, 5) is 26.0. The van der Waals surface area contributed by atoms with E-state index in [1.165, 1.54) is 0 Å². The Bertz CT molecular complexity index is 708. The first-order valence-corrected chi connectivity index (χ1v) is 8.51. The molecule has 0 aliphatic carbocycles. The molecule has 150 valence electrons. The van der Waals surface area contributed by atoms with Gasteiger partial charge in [0.2, 0.25) is 5.91 Å². The van der Waals surface area contributed by atoms with Gasteiger partial charge in [-0.1, -0.05) is 0 Å². The van der Waals surface area contributed by atoms with Crippen molar-refractivity contribution in [2.45, 2.75) is 32.5 Å². The minimum Gasteiger partial charge on any atom is -0.363 e. The normalized spacial score (nSPS) is 16.3. The van der Waals surface area contributed by atoms with E-state index in [1.807, 2.05) is 25.7 Å². The van der Waals surface area contributed by atoms with Gasteiger partial charge in [-0.25, -0.2) is 0 Å². The fourth-order valence-electron chi connectivity index (χ4n) is 2.92. The van der Waals surface area contributed by atoms with E-state index in [9.17, 15) is 28.1 Å². The van der Waals surface area contributed by atoms with Crippen molar-refractivity contribution in [3.05, 3.63) is 33.9 Å². The second-order valence-electron chi connectivity index (χ2n) is 7.52. The van der Waals surface area contributed by atoms with E-state index < -0.39 is 22.4 Å². The Labute approximate surface area is 155 Å². The van der Waals surface area contributed by atoms with Crippen LogP contribution in [-0.4, -0.2) is 54.0 Å². The number of rotatable bonds is 4. The number of carbonyl (C=O) groups is 1. The van der Waals surface area contributed by atoms with Gasteiger partial charge in [0.25, 0.3) is 5.69 Å². The zero-order valence-corrected chi connectivity index (χ0v) is 15.5. The van der Waals surface area contributed by atoms with Crippen LogP contribution in [0.15, 0.2) is 18.2 Å². The Kier molecular flexibility index (Phi) is 5.98. The maximum atomic E-state index is 12.8. The lowest BCUT2D eigenvalue weighted by Crippen LogP contribution is -2.51. The average Bonchev–Trinajstić information content (AvgIpc) is 2.52. The third-order valence-corrected chi connectivity index (χ3v) is 4.09. The molecule has 7 nitrogen and oxygen atoms in total. The summed E-state index contributed by atoms with van der Waals surface area (Å²) in [6, 6.07) is 2.56. The predicted octanol–water partition coefficient (Wildman–Crippen LogP) is 2.65. The van der Waals surface area contributed by atoms with Crippen molar-refractivity contribution in [3.8, 4) is 0 Å². The molecular weight excluding hydrogens is 365 g/mol. The third kappa shape index (κ3) is 5.81. The molecule has 1 fully saturated rings. The van der Waals surface area contributed by atoms with Crippen LogP contribution in [0.25, 0.3) is 0 Å². The van der Waals surface area contributed by atoms with Crippen LogP contribution < -0.4 is 10.2 Å². The lowest BCUT2D eigenvalue weighted by molar-refractivity contribution is -0.384. The molecule has 1 N–H and O–H groups in total. The first-order valence-electron chi connectivity index (χ1n) is 8.51. The molecule has 0 aromatic heterocycles. The minimum absolute atomic E-state index is 0.114. The number of nitro groups is 1. The third-order valence-electron chi connectivity index (χ3n) is 4.09. The minimum atomic E-state index is -4.64. The van der Waals surface area contributed by atoms with Crippen molar-refractivity contribution in [2.24, 2.45) is 0 Å². The number of nitrogens with one attached hydrogen (secondary N) is 1. The van der Waals surface area contributed by atoms with Crippen molar-refractivity contribution < 1.29 is 22.9 Å². The maximum absolute atomic E-state index is 12.8. The molecule has 1 aromatic carbocycles. The number of nitrogens with zero attached hydrogens (tertiary/aromatic N) is 3. The number of piperazine rings is 1. The molecule has 2 rings (SSSR count). The molecule has 0 unspecified atom stereocenters. The topological polar surface area (TPSA) is 78.7 Å². The number of anilines is 1. The molecule has 0 atom stereocenters. The molecular formula is C17H23F3N4O3. The quantitative estimate of drug-likeness (QED) is 0.634. The Balaban J connectivity index is 2.05. The second-order valence-corrected chi connectivity index (χ2v) is 7.52. The highest BCUT2D eigenvalue weighted by molar-refractivity contribution is 5.78. The molecule has 1 saturated heterocycles. The highest BCUT2D eigenvalue weighted by Gasteiger charge is 2.34. The van der Waals surface area contributed by atoms with Crippen molar-refractivity contribution in [1.29, 1.82) is 0 Å². The lowest BCUT2D eigenvalue weighted by Gasteiger charge is -2.36. The summed E-state index contributed by atoms with van der Waals surface area (Å²) in [5, 5.41) is 14.1. The van der Waals surface area contributed by atoms with Gasteiger partial charge in [0.05, 0.1) is 17.0 Å². The summed E-state index contributed by atoms with van der Waals surface area (Å²) in [6.07, 6.45) is -4.64. The number of halogens is 3. The van der Waals surface area contributed by atoms with E-state index in [-0.39, 0.29) is 23.7 Å². The molecule has 1 heterocycles. The van der Waals surface area contributed by atoms with Crippen LogP contribution in [0.1, 0.15) is 26.3 Å². The molecule has 1 amide bonds. The summed E-state index contributed by atoms with van der Waals surface area (Å²) >= 11 is 0. The number of amides is 1. The van der Waals surface area contributed by atoms with Crippen molar-refractivity contribution in [2.75, 3.05) is 37.6 Å². The predicted molar refractivity (Wildman–Crippen MR) is 94.6 cm³/mol. The summed E-state index contributed by atoms with van der Waals surface area (Å²) in [5.41, 5.74) is -1.79. The highest BCUT2D eigenvalue weighted by atomic mass is 19.4. The molecule has 1 aliphatic rings. The van der Waals surface area contributed by atoms with Crippen LogP contribution in [0.5, 0.6) is 0 Å². The number of benzene rings is 1. The smallest absolute Gasteiger partial charge is 0.363 e. The highest BCUT2D eigenvalue weighted by Crippen LogP contribution is 2.36. The number of hydrogen-bond donors (Lipinski definition) is 1. The summed E-state index contributed by atoms with van der Waals surface area (Å²) in [6.45, 7) is 7.58. The Morgan fingerprint density at radius 1 is 1.19 bits per heavy atom. The van der Waals surface area contributed by atoms with E-state index >= 15 is 0 Å². The monoisotopic (exact) mass is 388 g/mol. The number of nitro benzene ring substituents is 1. The van der Waals surface area contributed by atoms with Crippen molar-refractivity contribution >= 4 is 17.3 Å². The zero-order valence-electron chi connectivity index (χ0n) is 15.5. The number of hydrogen-bond acceptors (Lipinski definition) is 5. The fraction of sp³-hybridized carbons (Fsp3) is 0.588. The SMILES string of the molecule is CC(C)(C)NC(=O)CN1CCN(c2ccc(C(F)(F)F)cc2[N+](=O)[O-])CC1. The van der Waals surface area contributed by atoms with Gasteiger partial charge in [-0.05, 0) is 32.9 Å². The van der Waals surface area contributed by atoms with Gasteiger partial charge >= 0.3 is 6.18 Å². The molecule has 0 bridgehead atoms. The molecule has 0 radical (unpaired) electrons. The molecule has 1 aliphatic heterocycles. The fourth-order valence-corrected chi connectivity index (χ4v) is 2.92. The molecule has 10 heteroatoms. The van der Waals surface area contributed by atoms with Crippen LogP contribution in [-0.2, 0) is 11.0 Å². The van der Waals surface area contributed by atoms with Crippen molar-refractivity contribution in [3.63, 3.8) is 0 Å². The van der Waals surface area contributed by atoms with Gasteiger partial charge in [-0.15, -0.1) is 0 Å². The van der Waals surface area contributed by atoms with E-state index in [1.54, 1.807) is 4.90 Å². The molecule has 0 saturated carbocycles. The zero-order chi connectivity index (χ0) is 20.4. The first-order chi connectivity index (χ1) is 12.4. The maximum Gasteiger partial charge on any atom is 0.416 e. The van der Waals surface area contributed by atoms with E-state index in [2.05, 4.69) is 5.32 Å². The molecule has 27 heavy (non-hydrogen) atoms. The van der Waals surface area contributed by atoms with Crippen molar-refractivity contribution in [1.82, 2.24) is 10.2 Å². The largest absolute Gasteiger partial charge is 0.416 e. The summed E-state index contributed by atoms with van der Waals surface area (Å²) < 4.78 is 38.4. The van der Waals surface area contributed by atoms with Crippen LogP contribution in [0.3, 0.4) is 0 Å². The van der Waals surface area contributed by atoms with Gasteiger partial charge in [-0.2, -0.15) is 13.2 Å². The van der Waals surface area contributed by atoms with Gasteiger partial charge < -0.3 is 10.2 Å². The van der Waals surface area contributed by atoms with E-state index in [4.69, 9.17) is 0 Å². The van der Waals surface area contributed by atoms with Gasteiger partial charge in [0, 0.05) is 37.8 Å². The van der Waals surface area contributed by atoms with Crippen LogP contribution >= 0.6 is 0 Å². The second kappa shape index (κ2) is 7.71. The van der Waals surface area contributed by atoms with Crippen LogP contribution in [0.2, 0.25) is 0 Å². The lowest BCUT2D eigenvalue weighted by atomic mass is 10.1. The van der Waals surface area contributed by atoms with Gasteiger partial charge in [-0.3, -0.25) is 19.8 Å². The Hall–Kier alpha value is -2.36. The number of alkyl halides is 3.